The van der Waals surface area contributed by atoms with Crippen LogP contribution in [0, 0.1) is 0 Å². The van der Waals surface area contributed by atoms with E-state index in [2.05, 4.69) is 67.7 Å². The first-order chi connectivity index (χ1) is 14.6. The topological polar surface area (TPSA) is 85.4 Å². The molecule has 0 aliphatic carbocycles. The highest BCUT2D eigenvalue weighted by Gasteiger charge is 2.51. The van der Waals surface area contributed by atoms with Crippen molar-refractivity contribution in [2.75, 3.05) is 13.7 Å². The van der Waals surface area contributed by atoms with Gasteiger partial charge in [0.2, 0.25) is 11.8 Å². The van der Waals surface area contributed by atoms with Crippen LogP contribution >= 0.6 is 0 Å². The minimum Gasteiger partial charge on any atom is -0.457 e. The second-order valence-corrected chi connectivity index (χ2v) is 21.7. The molecule has 2 amide bonds. The molecule has 0 saturated carbocycles. The highest BCUT2D eigenvalue weighted by molar-refractivity contribution is 6.74. The lowest BCUT2D eigenvalue weighted by Gasteiger charge is -2.45. The van der Waals surface area contributed by atoms with Gasteiger partial charge in [-0.15, -0.1) is 0 Å². The van der Waals surface area contributed by atoms with E-state index < -0.39 is 40.9 Å². The maximum Gasteiger partial charge on any atom is 0.303 e. The summed E-state index contributed by atoms with van der Waals surface area (Å²) in [5.41, 5.74) is 0. The Morgan fingerprint density at radius 1 is 1.00 bits per heavy atom. The zero-order valence-electron chi connectivity index (χ0n) is 23.0. The number of hydrogen-bond donors (Lipinski definition) is 0. The molecule has 0 spiro atoms. The SMILES string of the molecule is CC(=O)O[C@H](CO[Si](C)(C)C(C)(C)C)[C@@H](O[Si](C)(C)C(C)(C)C)[C@@H]1CC(=O)N(C)N1C(C)=O. The van der Waals surface area contributed by atoms with Crippen molar-refractivity contribution in [1.82, 2.24) is 10.0 Å². The molecule has 1 saturated heterocycles. The van der Waals surface area contributed by atoms with Gasteiger partial charge in [0.25, 0.3) is 0 Å². The summed E-state index contributed by atoms with van der Waals surface area (Å²) >= 11 is 0. The molecule has 0 unspecified atom stereocenters. The third-order valence-electron chi connectivity index (χ3n) is 7.42. The van der Waals surface area contributed by atoms with E-state index in [1.807, 2.05) is 0 Å². The average Bonchev–Trinajstić information content (AvgIpc) is 2.89. The maximum atomic E-state index is 12.6. The number of rotatable bonds is 8. The van der Waals surface area contributed by atoms with Crippen LogP contribution in [0.5, 0.6) is 0 Å². The highest BCUT2D eigenvalue weighted by Crippen LogP contribution is 2.41. The van der Waals surface area contributed by atoms with Crippen LogP contribution in [0.15, 0.2) is 0 Å². The molecule has 1 aliphatic heterocycles. The summed E-state index contributed by atoms with van der Waals surface area (Å²) in [6, 6.07) is -0.582. The van der Waals surface area contributed by atoms with Gasteiger partial charge < -0.3 is 13.6 Å². The van der Waals surface area contributed by atoms with Crippen molar-refractivity contribution >= 4 is 34.4 Å². The van der Waals surface area contributed by atoms with Gasteiger partial charge in [0, 0.05) is 20.9 Å². The first-order valence-electron chi connectivity index (χ1n) is 11.7. The van der Waals surface area contributed by atoms with E-state index in [1.165, 1.54) is 23.9 Å². The van der Waals surface area contributed by atoms with Gasteiger partial charge in [0.1, 0.15) is 6.10 Å². The Hall–Kier alpha value is -1.24. The number of ether oxygens (including phenoxy) is 1. The van der Waals surface area contributed by atoms with Crippen LogP contribution < -0.4 is 0 Å². The third kappa shape index (κ3) is 7.13. The average molecular weight is 503 g/mol. The van der Waals surface area contributed by atoms with E-state index in [9.17, 15) is 14.4 Å². The number of carbonyl (C=O) groups is 3. The summed E-state index contributed by atoms with van der Waals surface area (Å²) in [5, 5.41) is 2.62. The van der Waals surface area contributed by atoms with Crippen LogP contribution in [0.1, 0.15) is 61.8 Å². The Balaban J connectivity index is 3.49. The summed E-state index contributed by atoms with van der Waals surface area (Å²) in [6.45, 7) is 24.2. The van der Waals surface area contributed by atoms with Gasteiger partial charge in [0.15, 0.2) is 22.7 Å². The molecule has 0 radical (unpaired) electrons. The van der Waals surface area contributed by atoms with Gasteiger partial charge in [-0.25, -0.2) is 5.01 Å². The molecule has 1 heterocycles. The molecular weight excluding hydrogens is 456 g/mol. The number of esters is 1. The Labute approximate surface area is 202 Å². The van der Waals surface area contributed by atoms with Crippen molar-refractivity contribution in [3.63, 3.8) is 0 Å². The van der Waals surface area contributed by atoms with Gasteiger partial charge in [-0.05, 0) is 36.3 Å². The standard InChI is InChI=1S/C23H46N2O6Si2/c1-16(26)25-18(14-20(28)24(25)9)21(31-33(12,13)23(6,7)8)19(30-17(2)27)15-29-32(10,11)22(3,4)5/h18-19,21H,14-15H2,1-13H3/t18-,19+,21-/m0/s1. The lowest BCUT2D eigenvalue weighted by molar-refractivity contribution is -0.165. The highest BCUT2D eigenvalue weighted by atomic mass is 28.4. The molecule has 1 aliphatic rings. The quantitative estimate of drug-likeness (QED) is 0.363. The number of carbonyl (C=O) groups excluding carboxylic acids is 3. The zero-order valence-corrected chi connectivity index (χ0v) is 25.0. The molecule has 192 valence electrons. The zero-order chi connectivity index (χ0) is 26.2. The van der Waals surface area contributed by atoms with Crippen LogP contribution in [0.4, 0.5) is 0 Å². The predicted molar refractivity (Wildman–Crippen MR) is 134 cm³/mol. The van der Waals surface area contributed by atoms with Gasteiger partial charge >= 0.3 is 5.97 Å². The molecule has 8 nitrogen and oxygen atoms in total. The van der Waals surface area contributed by atoms with E-state index in [1.54, 1.807) is 7.05 Å². The lowest BCUT2D eigenvalue weighted by Crippen LogP contribution is -2.58. The fourth-order valence-corrected chi connectivity index (χ4v) is 5.63. The van der Waals surface area contributed by atoms with Crippen molar-refractivity contribution in [1.29, 1.82) is 0 Å². The molecule has 0 aromatic rings. The van der Waals surface area contributed by atoms with Gasteiger partial charge in [-0.3, -0.25) is 19.4 Å². The lowest BCUT2D eigenvalue weighted by atomic mass is 10.0. The fourth-order valence-electron chi connectivity index (χ4n) is 3.28. The van der Waals surface area contributed by atoms with Crippen molar-refractivity contribution < 1.29 is 28.0 Å². The Bertz CT molecular complexity index is 742. The number of hydrazine groups is 1. The normalized spacial score (nSPS) is 20.2. The van der Waals surface area contributed by atoms with E-state index in [0.717, 1.165) is 0 Å². The third-order valence-corrected chi connectivity index (χ3v) is 16.4. The second kappa shape index (κ2) is 10.2. The monoisotopic (exact) mass is 502 g/mol. The number of amides is 2. The van der Waals surface area contributed by atoms with E-state index in [4.69, 9.17) is 13.6 Å². The van der Waals surface area contributed by atoms with Crippen LogP contribution in [-0.2, 0) is 28.0 Å². The van der Waals surface area contributed by atoms with Crippen LogP contribution in [0.25, 0.3) is 0 Å². The molecule has 0 N–H and O–H groups in total. The maximum absolute atomic E-state index is 12.6. The molecule has 3 atom stereocenters. The van der Waals surface area contributed by atoms with E-state index in [-0.39, 0.29) is 34.9 Å². The Kier molecular flexibility index (Phi) is 9.18. The molecule has 0 bridgehead atoms. The summed E-state index contributed by atoms with van der Waals surface area (Å²) in [6.07, 6.45) is -1.35. The van der Waals surface area contributed by atoms with Crippen LogP contribution in [-0.4, -0.2) is 76.3 Å². The van der Waals surface area contributed by atoms with Crippen LogP contribution in [0.2, 0.25) is 36.3 Å². The molecule has 0 aromatic carbocycles. The van der Waals surface area contributed by atoms with Crippen molar-refractivity contribution in [2.45, 2.75) is 116 Å². The summed E-state index contributed by atoms with van der Waals surface area (Å²) in [5.74, 6) is -0.885. The number of nitrogens with zero attached hydrogens (tertiary/aromatic N) is 2. The first kappa shape index (κ1) is 29.8. The fraction of sp³-hybridized carbons (Fsp3) is 0.870. The Morgan fingerprint density at radius 3 is 1.88 bits per heavy atom. The Morgan fingerprint density at radius 2 is 1.48 bits per heavy atom. The van der Waals surface area contributed by atoms with Gasteiger partial charge in [-0.2, -0.15) is 0 Å². The first-order valence-corrected chi connectivity index (χ1v) is 17.5. The summed E-state index contributed by atoms with van der Waals surface area (Å²) in [4.78, 5) is 37.3. The number of hydrogen-bond acceptors (Lipinski definition) is 6. The molecular formula is C23H46N2O6Si2. The molecule has 0 aromatic heterocycles. The van der Waals surface area contributed by atoms with E-state index in [0.29, 0.717) is 0 Å². The summed E-state index contributed by atoms with van der Waals surface area (Å²) < 4.78 is 19.0. The predicted octanol–water partition coefficient (Wildman–Crippen LogP) is 4.32. The molecule has 1 fully saturated rings. The minimum absolute atomic E-state index is 0.0292. The van der Waals surface area contributed by atoms with Crippen molar-refractivity contribution in [2.24, 2.45) is 0 Å². The molecule has 33 heavy (non-hydrogen) atoms. The van der Waals surface area contributed by atoms with E-state index >= 15 is 0 Å². The van der Waals surface area contributed by atoms with Crippen molar-refractivity contribution in [3.05, 3.63) is 0 Å². The van der Waals surface area contributed by atoms with Gasteiger partial charge in [-0.1, -0.05) is 41.5 Å². The minimum atomic E-state index is -2.37. The molecule has 1 rings (SSSR count). The van der Waals surface area contributed by atoms with Crippen molar-refractivity contribution in [3.8, 4) is 0 Å². The second-order valence-electron chi connectivity index (χ2n) is 12.1. The van der Waals surface area contributed by atoms with Gasteiger partial charge in [0.05, 0.1) is 19.1 Å². The summed E-state index contributed by atoms with van der Waals surface area (Å²) in [7, 11) is -2.95. The van der Waals surface area contributed by atoms with Crippen LogP contribution in [0.3, 0.4) is 0 Å². The molecule has 10 heteroatoms. The largest absolute Gasteiger partial charge is 0.457 e. The smallest absolute Gasteiger partial charge is 0.303 e.